The molecule has 0 aliphatic carbocycles. The van der Waals surface area contributed by atoms with Crippen LogP contribution in [-0.4, -0.2) is 37.6 Å². The maximum atomic E-state index is 5.55. The predicted molar refractivity (Wildman–Crippen MR) is 68.6 cm³/mol. The van der Waals surface area contributed by atoms with Gasteiger partial charge >= 0.3 is 9.36 Å². The molecule has 5 heteroatoms. The molecule has 2 N–H and O–H groups in total. The summed E-state index contributed by atoms with van der Waals surface area (Å²) in [6.45, 7) is 11.2. The van der Waals surface area contributed by atoms with Crippen molar-refractivity contribution >= 4 is 17.4 Å². The van der Waals surface area contributed by atoms with Crippen LogP contribution in [0.4, 0.5) is 0 Å². The van der Waals surface area contributed by atoms with E-state index in [0.29, 0.717) is 0 Å². The highest BCUT2D eigenvalue weighted by atomic mass is 28.3. The Morgan fingerprint density at radius 1 is 1.29 bits per heavy atom. The highest BCUT2D eigenvalue weighted by Gasteiger charge is 2.13. The van der Waals surface area contributed by atoms with Crippen molar-refractivity contribution in [3.63, 3.8) is 0 Å². The second-order valence-electron chi connectivity index (χ2n) is 4.74. The smallest absolute Gasteiger partial charge is 0.334 e. The molecule has 0 fully saturated rings. The standard InChI is InChI=1S/C9H26N2OSi2/c1-6-12-13(10-2)11-8-7-9-14(3,4)5/h10-11,13H,6-9H2,1-5H3. The van der Waals surface area contributed by atoms with Gasteiger partial charge in [-0.1, -0.05) is 25.7 Å². The number of hydrogen-bond acceptors (Lipinski definition) is 3. The first kappa shape index (κ1) is 14.3. The topological polar surface area (TPSA) is 33.3 Å². The van der Waals surface area contributed by atoms with Crippen LogP contribution in [0.3, 0.4) is 0 Å². The predicted octanol–water partition coefficient (Wildman–Crippen LogP) is 1.28. The lowest BCUT2D eigenvalue weighted by Gasteiger charge is -2.18. The minimum atomic E-state index is -1.28. The summed E-state index contributed by atoms with van der Waals surface area (Å²) >= 11 is 0. The van der Waals surface area contributed by atoms with Crippen LogP contribution >= 0.6 is 0 Å². The molecule has 0 aromatic rings. The van der Waals surface area contributed by atoms with Crippen LogP contribution < -0.4 is 9.96 Å². The van der Waals surface area contributed by atoms with E-state index in [1.54, 1.807) is 0 Å². The maximum Gasteiger partial charge on any atom is 0.334 e. The Labute approximate surface area is 91.5 Å². The molecule has 0 saturated heterocycles. The van der Waals surface area contributed by atoms with Crippen LogP contribution in [-0.2, 0) is 4.43 Å². The molecule has 0 aliphatic rings. The molecule has 0 rings (SSSR count). The summed E-state index contributed by atoms with van der Waals surface area (Å²) in [5.74, 6) is 0. The summed E-state index contributed by atoms with van der Waals surface area (Å²) in [4.78, 5) is 6.69. The van der Waals surface area contributed by atoms with Gasteiger partial charge in [0.2, 0.25) is 0 Å². The molecular formula is C9H26N2OSi2. The van der Waals surface area contributed by atoms with Gasteiger partial charge in [0.25, 0.3) is 0 Å². The fraction of sp³-hybridized carbons (Fsp3) is 1.00. The molecule has 0 saturated carbocycles. The zero-order valence-corrected chi connectivity index (χ0v) is 12.5. The molecule has 0 aliphatic heterocycles. The Morgan fingerprint density at radius 2 is 1.93 bits per heavy atom. The fourth-order valence-electron chi connectivity index (χ4n) is 1.26. The molecule has 0 aromatic heterocycles. The zero-order valence-electron chi connectivity index (χ0n) is 10.3. The van der Waals surface area contributed by atoms with Crippen LogP contribution in [0.15, 0.2) is 0 Å². The van der Waals surface area contributed by atoms with Crippen molar-refractivity contribution < 1.29 is 4.43 Å². The van der Waals surface area contributed by atoms with E-state index in [1.807, 2.05) is 14.0 Å². The first-order chi connectivity index (χ1) is 6.49. The van der Waals surface area contributed by atoms with E-state index >= 15 is 0 Å². The third-order valence-electron chi connectivity index (χ3n) is 2.03. The molecular weight excluding hydrogens is 208 g/mol. The third kappa shape index (κ3) is 8.89. The van der Waals surface area contributed by atoms with E-state index in [9.17, 15) is 0 Å². The monoisotopic (exact) mass is 234 g/mol. The molecule has 0 spiro atoms. The highest BCUT2D eigenvalue weighted by Crippen LogP contribution is 2.09. The van der Waals surface area contributed by atoms with E-state index in [4.69, 9.17) is 4.43 Å². The minimum absolute atomic E-state index is 0.804. The molecule has 3 nitrogen and oxygen atoms in total. The van der Waals surface area contributed by atoms with E-state index in [0.717, 1.165) is 13.2 Å². The highest BCUT2D eigenvalue weighted by molar-refractivity contribution is 6.76. The second-order valence-corrected chi connectivity index (χ2v) is 12.4. The average molecular weight is 234 g/mol. The Hall–Kier alpha value is 0.314. The molecule has 1 atom stereocenters. The van der Waals surface area contributed by atoms with Crippen LogP contribution in [0.25, 0.3) is 0 Å². The van der Waals surface area contributed by atoms with Crippen LogP contribution in [0.1, 0.15) is 13.3 Å². The largest absolute Gasteiger partial charge is 0.394 e. The van der Waals surface area contributed by atoms with Crippen molar-refractivity contribution in [2.45, 2.75) is 39.0 Å². The summed E-state index contributed by atoms with van der Waals surface area (Å²) in [5, 5.41) is 0. The van der Waals surface area contributed by atoms with Gasteiger partial charge in [0.05, 0.1) is 0 Å². The lowest BCUT2D eigenvalue weighted by molar-refractivity contribution is 0.326. The lowest BCUT2D eigenvalue weighted by Crippen LogP contribution is -2.48. The summed E-state index contributed by atoms with van der Waals surface area (Å²) in [6, 6.07) is 1.40. The van der Waals surface area contributed by atoms with Gasteiger partial charge in [0.1, 0.15) is 0 Å². The molecule has 0 heterocycles. The molecule has 0 bridgehead atoms. The van der Waals surface area contributed by atoms with Gasteiger partial charge in [0.15, 0.2) is 0 Å². The minimum Gasteiger partial charge on any atom is -0.394 e. The second kappa shape index (κ2) is 7.59. The SMILES string of the molecule is CCO[SiH](NC)NCCC[Si](C)(C)C. The number of nitrogens with one attached hydrogen (secondary N) is 2. The molecule has 0 aromatic carbocycles. The molecule has 1 unspecified atom stereocenters. The lowest BCUT2D eigenvalue weighted by atomic mass is 10.5. The Kier molecular flexibility index (Phi) is 7.76. The maximum absolute atomic E-state index is 5.55. The summed E-state index contributed by atoms with van der Waals surface area (Å²) in [6.07, 6.45) is 1.29. The van der Waals surface area contributed by atoms with Crippen molar-refractivity contribution in [2.75, 3.05) is 20.2 Å². The van der Waals surface area contributed by atoms with Crippen LogP contribution in [0, 0.1) is 0 Å². The summed E-state index contributed by atoms with van der Waals surface area (Å²) in [7, 11) is -0.157. The van der Waals surface area contributed by atoms with Gasteiger partial charge in [-0.3, -0.25) is 0 Å². The van der Waals surface area contributed by atoms with Gasteiger partial charge in [-0.05, 0) is 26.9 Å². The normalized spacial score (nSPS) is 14.4. The van der Waals surface area contributed by atoms with Gasteiger partial charge in [-0.25, -0.2) is 0 Å². The summed E-state index contributed by atoms with van der Waals surface area (Å²) in [5.41, 5.74) is 0. The van der Waals surface area contributed by atoms with Gasteiger partial charge in [-0.15, -0.1) is 0 Å². The third-order valence-corrected chi connectivity index (χ3v) is 5.73. The Morgan fingerprint density at radius 3 is 2.36 bits per heavy atom. The van der Waals surface area contributed by atoms with Gasteiger partial charge < -0.3 is 14.4 Å². The van der Waals surface area contributed by atoms with Crippen LogP contribution in [0.5, 0.6) is 0 Å². The van der Waals surface area contributed by atoms with E-state index in [-0.39, 0.29) is 0 Å². The van der Waals surface area contributed by atoms with E-state index in [1.165, 1.54) is 12.5 Å². The average Bonchev–Trinajstić information content (AvgIpc) is 2.08. The molecule has 0 amide bonds. The molecule has 14 heavy (non-hydrogen) atoms. The van der Waals surface area contributed by atoms with Crippen molar-refractivity contribution in [2.24, 2.45) is 0 Å². The quantitative estimate of drug-likeness (QED) is 0.490. The Bertz CT molecular complexity index is 139. The first-order valence-corrected chi connectivity index (χ1v) is 10.8. The number of hydrogen-bond donors (Lipinski definition) is 2. The van der Waals surface area contributed by atoms with Crippen molar-refractivity contribution in [3.05, 3.63) is 0 Å². The van der Waals surface area contributed by atoms with Gasteiger partial charge in [0, 0.05) is 14.7 Å². The van der Waals surface area contributed by atoms with Crippen molar-refractivity contribution in [1.29, 1.82) is 0 Å². The van der Waals surface area contributed by atoms with Crippen molar-refractivity contribution in [3.8, 4) is 0 Å². The van der Waals surface area contributed by atoms with Crippen LogP contribution in [0.2, 0.25) is 25.7 Å². The van der Waals surface area contributed by atoms with Crippen molar-refractivity contribution in [1.82, 2.24) is 9.96 Å². The summed E-state index contributed by atoms with van der Waals surface area (Å²) < 4.78 is 5.55. The molecule has 86 valence electrons. The Balaban J connectivity index is 3.42. The molecule has 0 radical (unpaired) electrons. The van der Waals surface area contributed by atoms with Gasteiger partial charge in [-0.2, -0.15) is 0 Å². The van der Waals surface area contributed by atoms with E-state index in [2.05, 4.69) is 29.6 Å². The van der Waals surface area contributed by atoms with E-state index < -0.39 is 17.4 Å². The first-order valence-electron chi connectivity index (χ1n) is 5.52. The zero-order chi connectivity index (χ0) is 11.0. The number of rotatable bonds is 8. The fourth-order valence-corrected chi connectivity index (χ4v) is 3.79.